The average molecular weight is 322 g/mol. The van der Waals surface area contributed by atoms with Crippen LogP contribution in [0.3, 0.4) is 0 Å². The molecule has 4 bridgehead atoms. The average Bonchev–Trinajstić information content (AvgIpc) is 2.46. The first kappa shape index (κ1) is 16.8. The predicted molar refractivity (Wildman–Crippen MR) is 86.5 cm³/mol. The summed E-state index contributed by atoms with van der Waals surface area (Å²) in [5, 5.41) is 0. The molecule has 4 fully saturated rings. The fourth-order valence-corrected chi connectivity index (χ4v) is 6.06. The molecule has 130 valence electrons. The summed E-state index contributed by atoms with van der Waals surface area (Å²) in [7, 11) is 0. The van der Waals surface area contributed by atoms with E-state index in [0.29, 0.717) is 13.2 Å². The number of hydrogen-bond acceptors (Lipinski definition) is 4. The number of carbonyl (C=O) groups is 2. The molecule has 0 heterocycles. The highest BCUT2D eigenvalue weighted by molar-refractivity contribution is 5.95. The summed E-state index contributed by atoms with van der Waals surface area (Å²) in [4.78, 5) is 24.9. The van der Waals surface area contributed by atoms with E-state index in [2.05, 4.69) is 6.92 Å². The maximum absolute atomic E-state index is 12.5. The van der Waals surface area contributed by atoms with Gasteiger partial charge in [0.15, 0.2) is 5.92 Å². The van der Waals surface area contributed by atoms with E-state index in [1.165, 1.54) is 38.5 Å². The van der Waals surface area contributed by atoms with Crippen LogP contribution in [0.25, 0.3) is 0 Å². The van der Waals surface area contributed by atoms with Gasteiger partial charge in [-0.25, -0.2) is 0 Å². The minimum absolute atomic E-state index is 0.00833. The molecule has 4 aliphatic rings. The lowest BCUT2D eigenvalue weighted by Gasteiger charge is -2.59. The molecule has 0 aromatic heterocycles. The molecular formula is C19H30O4. The van der Waals surface area contributed by atoms with Crippen molar-refractivity contribution in [2.45, 2.75) is 59.3 Å². The van der Waals surface area contributed by atoms with Crippen molar-refractivity contribution in [3.8, 4) is 0 Å². The first-order chi connectivity index (χ1) is 11.0. The third-order valence-corrected chi connectivity index (χ3v) is 6.63. The van der Waals surface area contributed by atoms with Gasteiger partial charge in [-0.2, -0.15) is 0 Å². The maximum Gasteiger partial charge on any atom is 0.320 e. The molecule has 0 radical (unpaired) electrons. The smallest absolute Gasteiger partial charge is 0.320 e. The molecule has 0 aromatic rings. The van der Waals surface area contributed by atoms with Crippen molar-refractivity contribution in [2.75, 3.05) is 13.2 Å². The van der Waals surface area contributed by atoms with E-state index in [-0.39, 0.29) is 11.3 Å². The van der Waals surface area contributed by atoms with E-state index in [1.54, 1.807) is 13.8 Å². The van der Waals surface area contributed by atoms with Gasteiger partial charge in [-0.1, -0.05) is 6.92 Å². The van der Waals surface area contributed by atoms with Gasteiger partial charge in [0.25, 0.3) is 0 Å². The van der Waals surface area contributed by atoms with E-state index in [9.17, 15) is 9.59 Å². The molecule has 0 aromatic carbocycles. The second-order valence-corrected chi connectivity index (χ2v) is 8.05. The summed E-state index contributed by atoms with van der Waals surface area (Å²) in [6.07, 6.45) is 7.60. The minimum Gasteiger partial charge on any atom is -0.465 e. The Morgan fingerprint density at radius 2 is 1.30 bits per heavy atom. The highest BCUT2D eigenvalue weighted by atomic mass is 16.6. The predicted octanol–water partition coefficient (Wildman–Crippen LogP) is 3.58. The Bertz CT molecular complexity index is 417. The van der Waals surface area contributed by atoms with Gasteiger partial charge in [0.05, 0.1) is 13.2 Å². The molecule has 4 aliphatic carbocycles. The molecule has 4 rings (SSSR count). The zero-order valence-electron chi connectivity index (χ0n) is 14.7. The fourth-order valence-electron chi connectivity index (χ4n) is 6.06. The van der Waals surface area contributed by atoms with E-state index in [4.69, 9.17) is 9.47 Å². The Morgan fingerprint density at radius 1 is 0.913 bits per heavy atom. The van der Waals surface area contributed by atoms with Crippen LogP contribution < -0.4 is 0 Å². The maximum atomic E-state index is 12.5. The highest BCUT2D eigenvalue weighted by Crippen LogP contribution is 2.63. The quantitative estimate of drug-likeness (QED) is 0.554. The molecule has 23 heavy (non-hydrogen) atoms. The summed E-state index contributed by atoms with van der Waals surface area (Å²) >= 11 is 0. The van der Waals surface area contributed by atoms with Crippen molar-refractivity contribution in [2.24, 2.45) is 35.0 Å². The molecule has 0 unspecified atom stereocenters. The summed E-state index contributed by atoms with van der Waals surface area (Å²) < 4.78 is 10.4. The molecule has 4 saturated carbocycles. The van der Waals surface area contributed by atoms with Crippen LogP contribution in [0.2, 0.25) is 0 Å². The van der Waals surface area contributed by atoms with Crippen LogP contribution >= 0.6 is 0 Å². The van der Waals surface area contributed by atoms with E-state index >= 15 is 0 Å². The van der Waals surface area contributed by atoms with Crippen molar-refractivity contribution < 1.29 is 19.1 Å². The number of esters is 2. The van der Waals surface area contributed by atoms with Crippen LogP contribution in [-0.2, 0) is 19.1 Å². The number of carbonyl (C=O) groups excluding carboxylic acids is 2. The van der Waals surface area contributed by atoms with Crippen LogP contribution in [0, 0.1) is 35.0 Å². The Hall–Kier alpha value is -1.06. The number of ether oxygens (including phenoxy) is 2. The lowest BCUT2D eigenvalue weighted by Crippen LogP contribution is -2.52. The zero-order chi connectivity index (χ0) is 16.6. The molecule has 4 nitrogen and oxygen atoms in total. The molecule has 0 spiro atoms. The molecule has 0 N–H and O–H groups in total. The third kappa shape index (κ3) is 3.01. The van der Waals surface area contributed by atoms with Gasteiger partial charge in [0.2, 0.25) is 0 Å². The van der Waals surface area contributed by atoms with Crippen LogP contribution in [0.15, 0.2) is 0 Å². The van der Waals surface area contributed by atoms with Crippen LogP contribution in [0.1, 0.15) is 59.3 Å². The van der Waals surface area contributed by atoms with Crippen LogP contribution in [-0.4, -0.2) is 25.2 Å². The van der Waals surface area contributed by atoms with Crippen molar-refractivity contribution in [3.05, 3.63) is 0 Å². The monoisotopic (exact) mass is 322 g/mol. The Morgan fingerprint density at radius 3 is 1.65 bits per heavy atom. The van der Waals surface area contributed by atoms with Crippen molar-refractivity contribution >= 4 is 11.9 Å². The molecule has 4 heteroatoms. The van der Waals surface area contributed by atoms with Crippen molar-refractivity contribution in [3.63, 3.8) is 0 Å². The van der Waals surface area contributed by atoms with Gasteiger partial charge >= 0.3 is 11.9 Å². The number of hydrogen-bond donors (Lipinski definition) is 0. The second kappa shape index (κ2) is 6.45. The first-order valence-corrected chi connectivity index (χ1v) is 9.32. The Labute approximate surface area is 139 Å². The lowest BCUT2D eigenvalue weighted by molar-refractivity contribution is -0.173. The zero-order valence-corrected chi connectivity index (χ0v) is 14.7. The van der Waals surface area contributed by atoms with Crippen LogP contribution in [0.5, 0.6) is 0 Å². The first-order valence-electron chi connectivity index (χ1n) is 9.32. The van der Waals surface area contributed by atoms with Gasteiger partial charge in [-0.05, 0) is 81.5 Å². The molecule has 0 amide bonds. The Balaban J connectivity index is 1.83. The molecule has 1 atom stereocenters. The highest BCUT2D eigenvalue weighted by Gasteiger charge is 2.56. The molecule has 0 saturated heterocycles. The summed E-state index contributed by atoms with van der Waals surface area (Å²) in [6.45, 7) is 6.28. The normalized spacial score (nSPS) is 36.1. The van der Waals surface area contributed by atoms with Gasteiger partial charge in [0, 0.05) is 0 Å². The fraction of sp³-hybridized carbons (Fsp3) is 0.895. The van der Waals surface area contributed by atoms with Gasteiger partial charge in [-0.3, -0.25) is 9.59 Å². The summed E-state index contributed by atoms with van der Waals surface area (Å²) in [5.74, 6) is 0.861. The van der Waals surface area contributed by atoms with E-state index in [1.807, 2.05) is 0 Å². The van der Waals surface area contributed by atoms with Gasteiger partial charge in [-0.15, -0.1) is 0 Å². The van der Waals surface area contributed by atoms with Crippen LogP contribution in [0.4, 0.5) is 0 Å². The van der Waals surface area contributed by atoms with Crippen molar-refractivity contribution in [1.82, 2.24) is 0 Å². The topological polar surface area (TPSA) is 52.6 Å². The van der Waals surface area contributed by atoms with Gasteiger partial charge < -0.3 is 9.47 Å². The SMILES string of the molecule is CCOC(=O)C(C(=O)OCC)[C@@H](C)C12CC3CC(CC(C3)C1)C2. The standard InChI is InChI=1S/C19H30O4/c1-4-22-17(20)16(18(21)23-5-2)12(3)19-9-13-6-14(10-19)8-15(7-13)11-19/h12-16H,4-11H2,1-3H3/t12-,13?,14?,15?,19?/m1/s1. The second-order valence-electron chi connectivity index (χ2n) is 8.05. The third-order valence-electron chi connectivity index (χ3n) is 6.63. The van der Waals surface area contributed by atoms with Crippen molar-refractivity contribution in [1.29, 1.82) is 0 Å². The minimum atomic E-state index is -0.758. The van der Waals surface area contributed by atoms with E-state index in [0.717, 1.165) is 17.8 Å². The molecule has 0 aliphatic heterocycles. The number of rotatable bonds is 6. The van der Waals surface area contributed by atoms with Gasteiger partial charge in [0.1, 0.15) is 0 Å². The summed E-state index contributed by atoms with van der Waals surface area (Å²) in [6, 6.07) is 0. The lowest BCUT2D eigenvalue weighted by atomic mass is 9.45. The Kier molecular flexibility index (Phi) is 4.70. The molecular weight excluding hydrogens is 292 g/mol. The van der Waals surface area contributed by atoms with E-state index < -0.39 is 17.9 Å². The summed E-state index contributed by atoms with van der Waals surface area (Å²) in [5.41, 5.74) is 0.138. The largest absolute Gasteiger partial charge is 0.465 e.